The second-order valence-electron chi connectivity index (χ2n) is 11.9. The summed E-state index contributed by atoms with van der Waals surface area (Å²) < 4.78 is 16.8. The maximum atomic E-state index is 13.1. The molecule has 4 rings (SSSR count). The van der Waals surface area contributed by atoms with Gasteiger partial charge in [0.1, 0.15) is 35.4 Å². The number of hydrogen-bond donors (Lipinski definition) is 5. The van der Waals surface area contributed by atoms with Gasteiger partial charge in [0.2, 0.25) is 6.29 Å². The highest BCUT2D eigenvalue weighted by Crippen LogP contribution is 2.54. The molecule has 0 radical (unpaired) electrons. The Morgan fingerprint density at radius 2 is 1.82 bits per heavy atom. The van der Waals surface area contributed by atoms with Crippen LogP contribution in [0, 0.1) is 5.92 Å². The monoisotopic (exact) mass is 562 g/mol. The minimum absolute atomic E-state index is 0.0374. The van der Waals surface area contributed by atoms with E-state index in [1.807, 2.05) is 19.9 Å². The number of phenols is 1. The molecular weight excluding hydrogens is 520 g/mol. The van der Waals surface area contributed by atoms with Gasteiger partial charge in [0, 0.05) is 23.0 Å². The van der Waals surface area contributed by atoms with Crippen molar-refractivity contribution in [1.82, 2.24) is 0 Å². The van der Waals surface area contributed by atoms with E-state index >= 15 is 0 Å². The van der Waals surface area contributed by atoms with Crippen LogP contribution in [0.5, 0.6) is 11.5 Å². The van der Waals surface area contributed by atoms with Crippen LogP contribution in [-0.2, 0) is 19.1 Å². The first-order valence-corrected chi connectivity index (χ1v) is 14.2. The Kier molecular flexibility index (Phi) is 9.14. The molecule has 2 aliphatic heterocycles. The Labute approximate surface area is 234 Å². The van der Waals surface area contributed by atoms with Gasteiger partial charge in [-0.15, -0.1) is 0 Å². The molecule has 0 aromatic heterocycles. The normalized spacial score (nSPS) is 31.7. The first-order chi connectivity index (χ1) is 18.9. The highest BCUT2D eigenvalue weighted by atomic mass is 16.7. The molecule has 1 fully saturated rings. The van der Waals surface area contributed by atoms with Crippen LogP contribution in [0.15, 0.2) is 23.8 Å². The van der Waals surface area contributed by atoms with Gasteiger partial charge in [0.15, 0.2) is 6.10 Å². The summed E-state index contributed by atoms with van der Waals surface area (Å²) in [5.41, 5.74) is 1.35. The third kappa shape index (κ3) is 6.00. The second-order valence-corrected chi connectivity index (χ2v) is 11.9. The van der Waals surface area contributed by atoms with E-state index in [-0.39, 0.29) is 35.5 Å². The van der Waals surface area contributed by atoms with Gasteiger partial charge < -0.3 is 39.7 Å². The molecule has 1 unspecified atom stereocenters. The first-order valence-electron chi connectivity index (χ1n) is 14.2. The summed E-state index contributed by atoms with van der Waals surface area (Å²) in [6, 6.07) is 3.79. The fourth-order valence-electron chi connectivity index (χ4n) is 6.24. The van der Waals surface area contributed by atoms with Crippen LogP contribution >= 0.6 is 0 Å². The number of phenolic OH excluding ortho intramolecular Hbond substituents is 1. The summed E-state index contributed by atoms with van der Waals surface area (Å²) >= 11 is 0. The van der Waals surface area contributed by atoms with Crippen LogP contribution in [0.25, 0.3) is 0 Å². The molecular formula is C30H42O10. The number of benzene rings is 1. The Bertz CT molecular complexity index is 1130. The van der Waals surface area contributed by atoms with Crippen LogP contribution in [0.2, 0.25) is 0 Å². The van der Waals surface area contributed by atoms with E-state index in [2.05, 4.69) is 13.8 Å². The van der Waals surface area contributed by atoms with Gasteiger partial charge in [-0.25, -0.2) is 9.59 Å². The zero-order valence-corrected chi connectivity index (χ0v) is 23.6. The van der Waals surface area contributed by atoms with Crippen molar-refractivity contribution in [2.45, 2.75) is 121 Å². The van der Waals surface area contributed by atoms with Crippen molar-refractivity contribution in [3.63, 3.8) is 0 Å². The molecule has 3 aliphatic rings. The number of carbonyl (C=O) groups is 2. The summed E-state index contributed by atoms with van der Waals surface area (Å²) in [5, 5.41) is 50.6. The van der Waals surface area contributed by atoms with Gasteiger partial charge >= 0.3 is 11.9 Å². The van der Waals surface area contributed by atoms with Crippen molar-refractivity contribution in [3.05, 3.63) is 34.9 Å². The first kappa shape index (κ1) is 30.3. The van der Waals surface area contributed by atoms with Crippen molar-refractivity contribution < 1.29 is 49.3 Å². The third-order valence-corrected chi connectivity index (χ3v) is 8.68. The topological polar surface area (TPSA) is 163 Å². The molecule has 0 spiro atoms. The number of allylic oxidation sites excluding steroid dienone is 1. The molecule has 2 heterocycles. The van der Waals surface area contributed by atoms with Gasteiger partial charge in [-0.3, -0.25) is 0 Å². The van der Waals surface area contributed by atoms with E-state index in [9.17, 15) is 35.1 Å². The maximum Gasteiger partial charge on any atom is 0.336 e. The van der Waals surface area contributed by atoms with Crippen LogP contribution in [0.4, 0.5) is 0 Å². The third-order valence-electron chi connectivity index (χ3n) is 8.68. The SMILES string of the molecule is CCCCCCC(C)c1cc(O)c2c(c1)OC(C)(C)[C@@H]1CC=C(C(=O)O[C@@H]3O[C@H](C(=O)O)[C@@H](O)[C@H](O)[C@H]3O)C[C@@H]21. The lowest BCUT2D eigenvalue weighted by molar-refractivity contribution is -0.285. The number of aliphatic hydroxyl groups is 3. The van der Waals surface area contributed by atoms with E-state index in [1.54, 1.807) is 12.1 Å². The smallest absolute Gasteiger partial charge is 0.336 e. The quantitative estimate of drug-likeness (QED) is 0.222. The minimum atomic E-state index is -1.88. The second kappa shape index (κ2) is 12.1. The number of rotatable bonds is 9. The zero-order chi connectivity index (χ0) is 29.4. The Balaban J connectivity index is 1.53. The number of ether oxygens (including phenoxy) is 3. The maximum absolute atomic E-state index is 13.1. The molecule has 10 nitrogen and oxygen atoms in total. The van der Waals surface area contributed by atoms with Crippen molar-refractivity contribution in [2.75, 3.05) is 0 Å². The molecule has 1 aliphatic carbocycles. The fourth-order valence-corrected chi connectivity index (χ4v) is 6.24. The van der Waals surface area contributed by atoms with Gasteiger partial charge in [0.25, 0.3) is 0 Å². The number of esters is 1. The Morgan fingerprint density at radius 3 is 2.50 bits per heavy atom. The predicted molar refractivity (Wildman–Crippen MR) is 144 cm³/mol. The van der Waals surface area contributed by atoms with Gasteiger partial charge in [-0.05, 0) is 56.7 Å². The summed E-state index contributed by atoms with van der Waals surface area (Å²) in [4.78, 5) is 24.5. The zero-order valence-electron chi connectivity index (χ0n) is 23.6. The molecule has 0 saturated carbocycles. The molecule has 10 heteroatoms. The van der Waals surface area contributed by atoms with Crippen molar-refractivity contribution in [1.29, 1.82) is 0 Å². The molecule has 0 amide bonds. The molecule has 1 aromatic rings. The van der Waals surface area contributed by atoms with Gasteiger partial charge in [-0.1, -0.05) is 45.6 Å². The fraction of sp³-hybridized carbons (Fsp3) is 0.667. The summed E-state index contributed by atoms with van der Waals surface area (Å²) in [6.07, 6.45) is -1.16. The summed E-state index contributed by atoms with van der Waals surface area (Å²) in [7, 11) is 0. The van der Waals surface area contributed by atoms with E-state index in [0.29, 0.717) is 17.7 Å². The van der Waals surface area contributed by atoms with Gasteiger partial charge in [-0.2, -0.15) is 0 Å². The Hall–Kier alpha value is -2.66. The van der Waals surface area contributed by atoms with Crippen LogP contribution in [-0.4, -0.2) is 73.8 Å². The molecule has 40 heavy (non-hydrogen) atoms. The summed E-state index contributed by atoms with van der Waals surface area (Å²) in [5.74, 6) is -1.71. The lowest BCUT2D eigenvalue weighted by atomic mass is 9.67. The number of carbonyl (C=O) groups excluding carboxylic acids is 1. The molecule has 0 bridgehead atoms. The molecule has 8 atom stereocenters. The average Bonchev–Trinajstić information content (AvgIpc) is 2.90. The lowest BCUT2D eigenvalue weighted by Crippen LogP contribution is -2.60. The molecule has 1 aromatic carbocycles. The highest BCUT2D eigenvalue weighted by Gasteiger charge is 2.50. The standard InChI is InChI=1S/C30H42O10/c1-5-6-7-8-9-15(2)17-13-20(31)22-18-12-16(10-11-19(18)30(3,4)40-21(22)14-17)28(37)39-29-25(34)23(32)24(33)26(38-29)27(35)36/h10,13-15,18-19,23-26,29,31-34H,5-9,11-12H2,1-4H3,(H,35,36)/t15?,18-,19-,23+,24+,25-,26+,29+/m1/s1. The highest BCUT2D eigenvalue weighted by molar-refractivity contribution is 5.89. The predicted octanol–water partition coefficient (Wildman–Crippen LogP) is 3.49. The van der Waals surface area contributed by atoms with E-state index in [1.165, 1.54) is 19.3 Å². The van der Waals surface area contributed by atoms with E-state index in [0.717, 1.165) is 18.4 Å². The molecule has 1 saturated heterocycles. The largest absolute Gasteiger partial charge is 0.508 e. The van der Waals surface area contributed by atoms with Crippen LogP contribution < -0.4 is 4.74 Å². The number of unbranched alkanes of at least 4 members (excludes halogenated alkanes) is 3. The van der Waals surface area contributed by atoms with E-state index < -0.39 is 48.2 Å². The summed E-state index contributed by atoms with van der Waals surface area (Å²) in [6.45, 7) is 8.32. The lowest BCUT2D eigenvalue weighted by Gasteiger charge is -2.47. The minimum Gasteiger partial charge on any atom is -0.508 e. The van der Waals surface area contributed by atoms with Crippen molar-refractivity contribution >= 4 is 11.9 Å². The van der Waals surface area contributed by atoms with Crippen LogP contribution in [0.3, 0.4) is 0 Å². The molecule has 222 valence electrons. The van der Waals surface area contributed by atoms with E-state index in [4.69, 9.17) is 14.2 Å². The van der Waals surface area contributed by atoms with Crippen molar-refractivity contribution in [3.8, 4) is 11.5 Å². The van der Waals surface area contributed by atoms with Crippen molar-refractivity contribution in [2.24, 2.45) is 5.92 Å². The van der Waals surface area contributed by atoms with Crippen LogP contribution in [0.1, 0.15) is 95.6 Å². The number of hydrogen-bond acceptors (Lipinski definition) is 9. The number of aromatic hydroxyl groups is 1. The number of aliphatic hydroxyl groups excluding tert-OH is 3. The van der Waals surface area contributed by atoms with Gasteiger partial charge in [0.05, 0.1) is 0 Å². The average molecular weight is 563 g/mol. The molecule has 5 N–H and O–H groups in total. The number of carboxylic acid groups (broad SMARTS) is 1. The number of fused-ring (bicyclic) bond motifs is 3. The Morgan fingerprint density at radius 1 is 1.10 bits per heavy atom. The number of carboxylic acids is 1. The number of aliphatic carboxylic acids is 1.